The molecule has 0 heterocycles. The van der Waals surface area contributed by atoms with Gasteiger partial charge in [0.1, 0.15) is 0 Å². The Kier molecular flexibility index (Phi) is 6.10. The zero-order valence-corrected chi connectivity index (χ0v) is 18.2. The first-order valence-corrected chi connectivity index (χ1v) is 13.1. The van der Waals surface area contributed by atoms with Crippen LogP contribution in [0.15, 0.2) is 42.5 Å². The molecule has 0 N–H and O–H groups in total. The Balaban J connectivity index is 1.66. The average Bonchev–Trinajstić information content (AvgIpc) is 2.92. The quantitative estimate of drug-likeness (QED) is 0.437. The van der Waals surface area contributed by atoms with Crippen molar-refractivity contribution in [2.45, 2.75) is 70.9 Å². The lowest BCUT2D eigenvalue weighted by Gasteiger charge is -2.40. The van der Waals surface area contributed by atoms with Crippen LogP contribution in [-0.4, -0.2) is 21.0 Å². The Labute approximate surface area is 161 Å². The second kappa shape index (κ2) is 8.00. The monoisotopic (exact) mass is 372 g/mol. The van der Waals surface area contributed by atoms with Crippen LogP contribution in [0.3, 0.4) is 0 Å². The van der Waals surface area contributed by atoms with Crippen molar-refractivity contribution in [3.05, 3.63) is 48.0 Å². The third-order valence-corrected chi connectivity index (χ3v) is 11.4. The van der Waals surface area contributed by atoms with E-state index in [1.807, 2.05) is 0 Å². The second-order valence-electron chi connectivity index (χ2n) is 9.68. The highest BCUT2D eigenvalue weighted by Crippen LogP contribution is 2.48. The highest BCUT2D eigenvalue weighted by atomic mass is 28.4. The normalized spacial score (nSPS) is 29.0. The van der Waals surface area contributed by atoms with E-state index in [2.05, 4.69) is 76.3 Å². The van der Waals surface area contributed by atoms with Crippen LogP contribution in [-0.2, 0) is 15.8 Å². The molecule has 0 unspecified atom stereocenters. The Morgan fingerprint density at radius 2 is 1.73 bits per heavy atom. The van der Waals surface area contributed by atoms with Crippen LogP contribution < -0.4 is 0 Å². The summed E-state index contributed by atoms with van der Waals surface area (Å²) in [4.78, 5) is 0. The van der Waals surface area contributed by atoms with Gasteiger partial charge in [0, 0.05) is 5.92 Å². The smallest absolute Gasteiger partial charge is 0.192 e. The van der Waals surface area contributed by atoms with Gasteiger partial charge < -0.3 is 9.16 Å². The van der Waals surface area contributed by atoms with E-state index < -0.39 is 8.32 Å². The summed E-state index contributed by atoms with van der Waals surface area (Å²) in [6.45, 7) is 13.3. The molecule has 3 heteroatoms. The van der Waals surface area contributed by atoms with Crippen LogP contribution in [0.1, 0.15) is 45.6 Å². The third kappa shape index (κ3) is 4.49. The molecule has 0 amide bonds. The zero-order valence-electron chi connectivity index (χ0n) is 17.2. The molecule has 0 bridgehead atoms. The molecule has 3 rings (SSSR count). The van der Waals surface area contributed by atoms with E-state index in [4.69, 9.17) is 9.16 Å². The lowest BCUT2D eigenvalue weighted by molar-refractivity contribution is 0.0248. The standard InChI is InChI=1S/C23H36O2Si/c1-23(2,3)26(4,5)25-22-15-19-13-9-10-14-20(19)21(22)17-24-16-18-11-7-6-8-12-18/h6-12,19-22H,13-17H2,1-5H3/t19-,20-,21+,22+/m1/s1. The van der Waals surface area contributed by atoms with E-state index in [1.165, 1.54) is 24.8 Å². The number of allylic oxidation sites excluding steroid dienone is 2. The zero-order chi connectivity index (χ0) is 18.8. The van der Waals surface area contributed by atoms with Crippen molar-refractivity contribution in [3.63, 3.8) is 0 Å². The lowest BCUT2D eigenvalue weighted by Crippen LogP contribution is -2.45. The highest BCUT2D eigenvalue weighted by molar-refractivity contribution is 6.74. The predicted octanol–water partition coefficient (Wildman–Crippen LogP) is 6.20. The molecular formula is C23H36O2Si. The Morgan fingerprint density at radius 1 is 1.04 bits per heavy atom. The molecular weight excluding hydrogens is 336 g/mol. The van der Waals surface area contributed by atoms with E-state index in [9.17, 15) is 0 Å². The van der Waals surface area contributed by atoms with Gasteiger partial charge in [-0.2, -0.15) is 0 Å². The van der Waals surface area contributed by atoms with Gasteiger partial charge in [0.2, 0.25) is 0 Å². The van der Waals surface area contributed by atoms with E-state index in [1.54, 1.807) is 0 Å². The fraction of sp³-hybridized carbons (Fsp3) is 0.652. The van der Waals surface area contributed by atoms with Crippen molar-refractivity contribution < 1.29 is 9.16 Å². The second-order valence-corrected chi connectivity index (χ2v) is 14.4. The summed E-state index contributed by atoms with van der Waals surface area (Å²) in [5, 5.41) is 0.258. The molecule has 0 radical (unpaired) electrons. The SMILES string of the molecule is CC(C)(C)[Si](C)(C)O[C@H]1C[C@H]2CC=CC[C@H]2[C@@H]1COCc1ccccc1. The van der Waals surface area contributed by atoms with Crippen molar-refractivity contribution in [3.8, 4) is 0 Å². The van der Waals surface area contributed by atoms with Crippen LogP contribution in [0.4, 0.5) is 0 Å². The first-order chi connectivity index (χ1) is 12.3. The number of fused-ring (bicyclic) bond motifs is 1. The Morgan fingerprint density at radius 3 is 2.42 bits per heavy atom. The molecule has 2 aliphatic carbocycles. The number of ether oxygens (including phenoxy) is 1. The van der Waals surface area contributed by atoms with Gasteiger partial charge in [-0.05, 0) is 54.8 Å². The highest BCUT2D eigenvalue weighted by Gasteiger charge is 2.48. The van der Waals surface area contributed by atoms with Crippen molar-refractivity contribution >= 4 is 8.32 Å². The van der Waals surface area contributed by atoms with E-state index >= 15 is 0 Å². The molecule has 1 saturated carbocycles. The van der Waals surface area contributed by atoms with Crippen molar-refractivity contribution in [2.75, 3.05) is 6.61 Å². The van der Waals surface area contributed by atoms with Crippen LogP contribution in [0.5, 0.6) is 0 Å². The summed E-state index contributed by atoms with van der Waals surface area (Å²) in [5.74, 6) is 2.04. The Bertz CT molecular complexity index is 602. The maximum atomic E-state index is 6.90. The van der Waals surface area contributed by atoms with Gasteiger partial charge in [-0.25, -0.2) is 0 Å². The molecule has 4 atom stereocenters. The summed E-state index contributed by atoms with van der Waals surface area (Å²) in [6, 6.07) is 10.5. The van der Waals surface area contributed by atoms with Crippen molar-refractivity contribution in [1.82, 2.24) is 0 Å². The fourth-order valence-electron chi connectivity index (χ4n) is 4.24. The largest absolute Gasteiger partial charge is 0.414 e. The maximum Gasteiger partial charge on any atom is 0.192 e. The van der Waals surface area contributed by atoms with Gasteiger partial charge in [-0.3, -0.25) is 0 Å². The van der Waals surface area contributed by atoms with Gasteiger partial charge >= 0.3 is 0 Å². The number of benzene rings is 1. The van der Waals surface area contributed by atoms with Gasteiger partial charge in [-0.1, -0.05) is 63.3 Å². The summed E-state index contributed by atoms with van der Waals surface area (Å²) >= 11 is 0. The fourth-order valence-corrected chi connectivity index (χ4v) is 5.63. The summed E-state index contributed by atoms with van der Waals surface area (Å²) in [6.07, 6.45) is 8.73. The number of hydrogen-bond acceptors (Lipinski definition) is 2. The molecule has 144 valence electrons. The first kappa shape index (κ1) is 19.8. The minimum atomic E-state index is -1.76. The molecule has 0 aliphatic heterocycles. The van der Waals surface area contributed by atoms with Gasteiger partial charge in [0.25, 0.3) is 0 Å². The molecule has 1 aromatic rings. The number of hydrogen-bond donors (Lipinski definition) is 0. The molecule has 2 aliphatic rings. The maximum absolute atomic E-state index is 6.90. The molecule has 0 saturated heterocycles. The minimum Gasteiger partial charge on any atom is -0.414 e. The molecule has 0 spiro atoms. The average molecular weight is 373 g/mol. The molecule has 26 heavy (non-hydrogen) atoms. The van der Waals surface area contributed by atoms with Crippen LogP contribution in [0, 0.1) is 17.8 Å². The Hall–Kier alpha value is -0.903. The van der Waals surface area contributed by atoms with E-state index in [-0.39, 0.29) is 5.04 Å². The molecule has 1 aromatic carbocycles. The van der Waals surface area contributed by atoms with E-state index in [0.717, 1.165) is 18.4 Å². The van der Waals surface area contributed by atoms with Crippen LogP contribution >= 0.6 is 0 Å². The van der Waals surface area contributed by atoms with Crippen LogP contribution in [0.2, 0.25) is 18.1 Å². The molecule has 0 aromatic heterocycles. The van der Waals surface area contributed by atoms with Gasteiger partial charge in [-0.15, -0.1) is 0 Å². The molecule has 2 nitrogen and oxygen atoms in total. The predicted molar refractivity (Wildman–Crippen MR) is 112 cm³/mol. The van der Waals surface area contributed by atoms with Crippen molar-refractivity contribution in [1.29, 1.82) is 0 Å². The van der Waals surface area contributed by atoms with Gasteiger partial charge in [0.15, 0.2) is 8.32 Å². The first-order valence-electron chi connectivity index (χ1n) is 10.2. The number of rotatable bonds is 6. The third-order valence-electron chi connectivity index (χ3n) is 6.86. The van der Waals surface area contributed by atoms with Gasteiger partial charge in [0.05, 0.1) is 19.3 Å². The lowest BCUT2D eigenvalue weighted by atomic mass is 9.81. The van der Waals surface area contributed by atoms with E-state index in [0.29, 0.717) is 18.6 Å². The minimum absolute atomic E-state index is 0.258. The summed E-state index contributed by atoms with van der Waals surface area (Å²) in [7, 11) is -1.76. The topological polar surface area (TPSA) is 18.5 Å². The molecule has 1 fully saturated rings. The summed E-state index contributed by atoms with van der Waals surface area (Å²) in [5.41, 5.74) is 1.26. The summed E-state index contributed by atoms with van der Waals surface area (Å²) < 4.78 is 13.1. The van der Waals surface area contributed by atoms with Crippen molar-refractivity contribution in [2.24, 2.45) is 17.8 Å². The van der Waals surface area contributed by atoms with Crippen LogP contribution in [0.25, 0.3) is 0 Å².